The Hall–Kier alpha value is -1.63. The van der Waals surface area contributed by atoms with Gasteiger partial charge in [-0.1, -0.05) is 25.4 Å². The number of rotatable bonds is 9. The second kappa shape index (κ2) is 11.3. The molecule has 2 fully saturated rings. The molecule has 172 valence electrons. The predicted molar refractivity (Wildman–Crippen MR) is 124 cm³/mol. The molecule has 0 aromatic heterocycles. The van der Waals surface area contributed by atoms with E-state index in [9.17, 15) is 9.59 Å². The van der Waals surface area contributed by atoms with Gasteiger partial charge in [-0.25, -0.2) is 0 Å². The van der Waals surface area contributed by atoms with Gasteiger partial charge in [0.2, 0.25) is 5.91 Å². The van der Waals surface area contributed by atoms with Crippen LogP contribution in [0.1, 0.15) is 50.4 Å². The number of amides is 1. The number of Topliss-reactive ketones (excluding diaryl/α,β-unsaturated/α-hetero) is 1. The Kier molecular flexibility index (Phi) is 8.76. The summed E-state index contributed by atoms with van der Waals surface area (Å²) in [5.41, 5.74) is 0.601. The molecule has 3 rings (SSSR count). The first kappa shape index (κ1) is 24.0. The number of nitrogens with zero attached hydrogens (tertiary/aromatic N) is 3. The van der Waals surface area contributed by atoms with Crippen LogP contribution in [0, 0.1) is 5.92 Å². The van der Waals surface area contributed by atoms with Crippen molar-refractivity contribution in [2.75, 3.05) is 52.4 Å². The van der Waals surface area contributed by atoms with Crippen LogP contribution in [0.25, 0.3) is 0 Å². The number of benzene rings is 1. The van der Waals surface area contributed by atoms with Crippen molar-refractivity contribution in [3.8, 4) is 5.75 Å². The van der Waals surface area contributed by atoms with E-state index in [0.29, 0.717) is 48.6 Å². The summed E-state index contributed by atoms with van der Waals surface area (Å²) in [6, 6.07) is 5.98. The second-order valence-electron chi connectivity index (χ2n) is 9.05. The van der Waals surface area contributed by atoms with Gasteiger partial charge in [0.05, 0.1) is 18.2 Å². The normalized spacial score (nSPS) is 20.4. The molecule has 2 saturated heterocycles. The highest BCUT2D eigenvalue weighted by atomic mass is 35.5. The Morgan fingerprint density at radius 3 is 2.52 bits per heavy atom. The van der Waals surface area contributed by atoms with E-state index in [0.717, 1.165) is 26.1 Å². The molecule has 0 aliphatic carbocycles. The summed E-state index contributed by atoms with van der Waals surface area (Å²) in [6.45, 7) is 12.1. The quantitative estimate of drug-likeness (QED) is 0.426. The summed E-state index contributed by atoms with van der Waals surface area (Å²) in [6.07, 6.45) is 3.54. The topological polar surface area (TPSA) is 53.1 Å². The van der Waals surface area contributed by atoms with E-state index in [4.69, 9.17) is 16.3 Å². The first-order valence-electron chi connectivity index (χ1n) is 11.6. The third-order valence-corrected chi connectivity index (χ3v) is 6.63. The monoisotopic (exact) mass is 449 g/mol. The molecule has 0 spiro atoms. The molecule has 7 heteroatoms. The van der Waals surface area contributed by atoms with Crippen LogP contribution in [0.2, 0.25) is 5.02 Å². The molecule has 1 atom stereocenters. The van der Waals surface area contributed by atoms with Crippen molar-refractivity contribution in [3.63, 3.8) is 0 Å². The number of halogens is 1. The van der Waals surface area contributed by atoms with Crippen LogP contribution in [-0.2, 0) is 4.79 Å². The number of carbonyl (C=O) groups is 2. The minimum Gasteiger partial charge on any atom is -0.492 e. The van der Waals surface area contributed by atoms with Crippen LogP contribution in [-0.4, -0.2) is 84.9 Å². The molecule has 2 aliphatic heterocycles. The zero-order valence-electron chi connectivity index (χ0n) is 19.1. The van der Waals surface area contributed by atoms with Crippen molar-refractivity contribution in [1.82, 2.24) is 14.7 Å². The van der Waals surface area contributed by atoms with Crippen LogP contribution in [0.4, 0.5) is 0 Å². The minimum atomic E-state index is 0.0137. The van der Waals surface area contributed by atoms with Crippen LogP contribution in [0.15, 0.2) is 18.2 Å². The summed E-state index contributed by atoms with van der Waals surface area (Å²) in [5, 5.41) is 0.479. The molecule has 0 saturated carbocycles. The number of ketones is 1. The molecule has 0 N–H and O–H groups in total. The number of hydrogen-bond donors (Lipinski definition) is 0. The van der Waals surface area contributed by atoms with Gasteiger partial charge in [0.1, 0.15) is 5.75 Å². The van der Waals surface area contributed by atoms with E-state index >= 15 is 0 Å². The fourth-order valence-corrected chi connectivity index (χ4v) is 4.59. The van der Waals surface area contributed by atoms with E-state index in [1.807, 2.05) is 18.7 Å². The first-order valence-corrected chi connectivity index (χ1v) is 11.9. The summed E-state index contributed by atoms with van der Waals surface area (Å²) in [5.74, 6) is 0.872. The van der Waals surface area contributed by atoms with E-state index in [1.165, 1.54) is 19.4 Å². The van der Waals surface area contributed by atoms with Crippen LogP contribution >= 0.6 is 11.6 Å². The van der Waals surface area contributed by atoms with Gasteiger partial charge in [0.25, 0.3) is 0 Å². The largest absolute Gasteiger partial charge is 0.492 e. The molecule has 0 radical (unpaired) electrons. The van der Waals surface area contributed by atoms with Gasteiger partial charge in [0.15, 0.2) is 5.78 Å². The standard InChI is InChI=1S/C24H36ClN3O3/c1-18(2)24(30)28-13-11-26(12-14-28)17-22(29)20-7-8-23(21(25)16-20)31-15-5-10-27-9-4-6-19(27)3/h7-8,16,18-19H,4-6,9-15,17H2,1-3H3. The molecular weight excluding hydrogens is 414 g/mol. The number of ether oxygens (including phenoxy) is 1. The highest BCUT2D eigenvalue weighted by molar-refractivity contribution is 6.32. The zero-order chi connectivity index (χ0) is 22.4. The smallest absolute Gasteiger partial charge is 0.225 e. The third-order valence-electron chi connectivity index (χ3n) is 6.34. The van der Waals surface area contributed by atoms with E-state index in [2.05, 4.69) is 16.7 Å². The lowest BCUT2D eigenvalue weighted by Crippen LogP contribution is -2.50. The van der Waals surface area contributed by atoms with Gasteiger partial charge >= 0.3 is 0 Å². The Morgan fingerprint density at radius 2 is 1.90 bits per heavy atom. The number of piperazine rings is 1. The van der Waals surface area contributed by atoms with Crippen molar-refractivity contribution in [3.05, 3.63) is 28.8 Å². The maximum atomic E-state index is 12.7. The third kappa shape index (κ3) is 6.67. The fraction of sp³-hybridized carbons (Fsp3) is 0.667. The highest BCUT2D eigenvalue weighted by Gasteiger charge is 2.24. The van der Waals surface area contributed by atoms with Crippen molar-refractivity contribution >= 4 is 23.3 Å². The molecule has 31 heavy (non-hydrogen) atoms. The Morgan fingerprint density at radius 1 is 1.16 bits per heavy atom. The van der Waals surface area contributed by atoms with Crippen LogP contribution in [0.5, 0.6) is 5.75 Å². The molecule has 1 unspecified atom stereocenters. The van der Waals surface area contributed by atoms with Crippen LogP contribution in [0.3, 0.4) is 0 Å². The molecule has 0 bridgehead atoms. The van der Waals surface area contributed by atoms with E-state index in [1.54, 1.807) is 18.2 Å². The Labute approximate surface area is 191 Å². The fourth-order valence-electron chi connectivity index (χ4n) is 4.35. The van der Waals surface area contributed by atoms with Gasteiger partial charge in [-0.3, -0.25) is 14.5 Å². The van der Waals surface area contributed by atoms with Gasteiger partial charge in [0, 0.05) is 50.2 Å². The van der Waals surface area contributed by atoms with Gasteiger partial charge in [-0.15, -0.1) is 0 Å². The lowest BCUT2D eigenvalue weighted by molar-refractivity contribution is -0.136. The summed E-state index contributed by atoms with van der Waals surface area (Å²) in [7, 11) is 0. The lowest BCUT2D eigenvalue weighted by atomic mass is 10.1. The number of likely N-dealkylation sites (tertiary alicyclic amines) is 1. The van der Waals surface area contributed by atoms with Crippen LogP contribution < -0.4 is 4.74 Å². The maximum absolute atomic E-state index is 12.7. The summed E-state index contributed by atoms with van der Waals surface area (Å²) < 4.78 is 5.85. The highest BCUT2D eigenvalue weighted by Crippen LogP contribution is 2.26. The second-order valence-corrected chi connectivity index (χ2v) is 9.46. The summed E-state index contributed by atoms with van der Waals surface area (Å²) >= 11 is 6.38. The first-order chi connectivity index (χ1) is 14.8. The molecule has 1 aromatic rings. The van der Waals surface area contributed by atoms with Gasteiger partial charge < -0.3 is 14.5 Å². The van der Waals surface area contributed by atoms with Gasteiger partial charge in [-0.2, -0.15) is 0 Å². The number of hydrogen-bond acceptors (Lipinski definition) is 5. The molecule has 2 heterocycles. The van der Waals surface area contributed by atoms with Crippen molar-refractivity contribution in [1.29, 1.82) is 0 Å². The van der Waals surface area contributed by atoms with Crippen molar-refractivity contribution < 1.29 is 14.3 Å². The molecule has 1 amide bonds. The maximum Gasteiger partial charge on any atom is 0.225 e. The molecule has 2 aliphatic rings. The van der Waals surface area contributed by atoms with E-state index in [-0.39, 0.29) is 17.6 Å². The molecule has 1 aromatic carbocycles. The SMILES string of the molecule is CC(C)C(=O)N1CCN(CC(=O)c2ccc(OCCCN3CCCC3C)c(Cl)c2)CC1. The molecule has 6 nitrogen and oxygen atoms in total. The van der Waals surface area contributed by atoms with Crippen molar-refractivity contribution in [2.45, 2.75) is 46.1 Å². The molecular formula is C24H36ClN3O3. The Balaban J connectivity index is 1.42. The minimum absolute atomic E-state index is 0.0137. The number of carbonyl (C=O) groups excluding carboxylic acids is 2. The van der Waals surface area contributed by atoms with E-state index < -0.39 is 0 Å². The van der Waals surface area contributed by atoms with Crippen molar-refractivity contribution in [2.24, 2.45) is 5.92 Å². The average Bonchev–Trinajstić information content (AvgIpc) is 3.16. The predicted octanol–water partition coefficient (Wildman–Crippen LogP) is 3.58. The lowest BCUT2D eigenvalue weighted by Gasteiger charge is -2.35. The zero-order valence-corrected chi connectivity index (χ0v) is 19.9. The average molecular weight is 450 g/mol. The summed E-state index contributed by atoms with van der Waals surface area (Å²) in [4.78, 5) is 31.3. The Bertz CT molecular complexity index is 762. The van der Waals surface area contributed by atoms with Gasteiger partial charge in [-0.05, 0) is 50.9 Å².